The normalized spacial score (nSPS) is 14.9. The van der Waals surface area contributed by atoms with Gasteiger partial charge in [0.1, 0.15) is 18.4 Å². The van der Waals surface area contributed by atoms with E-state index in [0.717, 1.165) is 29.5 Å². The van der Waals surface area contributed by atoms with Gasteiger partial charge in [0.25, 0.3) is 12.3 Å². The number of benzene rings is 2. The number of aromatic nitrogens is 2. The Morgan fingerprint density at radius 1 is 1.39 bits per heavy atom. The highest BCUT2D eigenvalue weighted by Crippen LogP contribution is 2.37. The Balaban J connectivity index is 1.62. The van der Waals surface area contributed by atoms with E-state index in [9.17, 15) is 18.8 Å². The fourth-order valence-electron chi connectivity index (χ4n) is 3.74. The molecule has 4 rings (SSSR count). The maximum atomic E-state index is 12.4. The summed E-state index contributed by atoms with van der Waals surface area (Å²) in [4.78, 5) is 15.9. The first-order chi connectivity index (χ1) is 15.0. The van der Waals surface area contributed by atoms with Crippen LogP contribution in [0.5, 0.6) is 5.75 Å². The van der Waals surface area contributed by atoms with Crippen molar-refractivity contribution in [3.05, 3.63) is 53.1 Å². The van der Waals surface area contributed by atoms with Crippen molar-refractivity contribution in [2.45, 2.75) is 32.2 Å². The highest BCUT2D eigenvalue weighted by molar-refractivity contribution is 5.74. The van der Waals surface area contributed by atoms with Gasteiger partial charge in [0.05, 0.1) is 11.6 Å². The average molecular weight is 424 g/mol. The summed E-state index contributed by atoms with van der Waals surface area (Å²) in [5.41, 5.74) is 3.48. The van der Waals surface area contributed by atoms with E-state index < -0.39 is 13.0 Å². The van der Waals surface area contributed by atoms with Crippen LogP contribution < -0.4 is 10.1 Å². The molecule has 1 heterocycles. The Bertz CT molecular complexity index is 1170. The molecule has 0 unspecified atom stereocenters. The molecular weight excluding hydrogens is 406 g/mol. The number of rotatable bonds is 6. The van der Waals surface area contributed by atoms with Crippen molar-refractivity contribution in [3.8, 4) is 34.7 Å². The predicted molar refractivity (Wildman–Crippen MR) is 106 cm³/mol. The molecule has 9 heteroatoms. The standard InChI is InChI=1S/C22H18F2N4O3/c1-12(29)26-18-7-6-15-16(18)3-2-4-17(15)21-27-22(31-28-21)13-5-8-19(14(9-13)10-25)30-11-20(23)24/h2-5,8-9,18,20H,6-7,11H2,1H3,(H,26,29)/t18-/m0/s1. The first-order valence-electron chi connectivity index (χ1n) is 9.64. The van der Waals surface area contributed by atoms with Crippen LogP contribution >= 0.6 is 0 Å². The van der Waals surface area contributed by atoms with Gasteiger partial charge in [0.2, 0.25) is 11.7 Å². The third-order valence-electron chi connectivity index (χ3n) is 5.03. The molecule has 0 saturated heterocycles. The number of amides is 1. The molecule has 1 aliphatic rings. The second-order valence-electron chi connectivity index (χ2n) is 7.11. The van der Waals surface area contributed by atoms with Crippen LogP contribution in [0.2, 0.25) is 0 Å². The summed E-state index contributed by atoms with van der Waals surface area (Å²) < 4.78 is 35.1. The fraction of sp³-hybridized carbons (Fsp3) is 0.273. The van der Waals surface area contributed by atoms with Gasteiger partial charge >= 0.3 is 0 Å². The van der Waals surface area contributed by atoms with Gasteiger partial charge in [-0.15, -0.1) is 0 Å². The molecule has 0 bridgehead atoms. The van der Waals surface area contributed by atoms with E-state index in [0.29, 0.717) is 11.4 Å². The maximum absolute atomic E-state index is 12.4. The first kappa shape index (κ1) is 20.5. The van der Waals surface area contributed by atoms with Crippen LogP contribution in [0.15, 0.2) is 40.9 Å². The lowest BCUT2D eigenvalue weighted by Crippen LogP contribution is -2.24. The van der Waals surface area contributed by atoms with Gasteiger partial charge in [-0.3, -0.25) is 4.79 Å². The number of fused-ring (bicyclic) bond motifs is 1. The van der Waals surface area contributed by atoms with Crippen molar-refractivity contribution < 1.29 is 22.8 Å². The zero-order chi connectivity index (χ0) is 22.0. The molecule has 1 atom stereocenters. The number of nitrogens with one attached hydrogen (secondary N) is 1. The molecule has 1 aliphatic carbocycles. The molecule has 0 aliphatic heterocycles. The van der Waals surface area contributed by atoms with Gasteiger partial charge in [0.15, 0.2) is 0 Å². The number of nitriles is 1. The molecule has 7 nitrogen and oxygen atoms in total. The summed E-state index contributed by atoms with van der Waals surface area (Å²) in [6.07, 6.45) is -1.07. The number of hydrogen-bond acceptors (Lipinski definition) is 6. The van der Waals surface area contributed by atoms with E-state index in [1.54, 1.807) is 6.07 Å². The first-order valence-corrected chi connectivity index (χ1v) is 9.64. The lowest BCUT2D eigenvalue weighted by molar-refractivity contribution is -0.119. The molecule has 1 amide bonds. The van der Waals surface area contributed by atoms with E-state index in [1.165, 1.54) is 19.1 Å². The third kappa shape index (κ3) is 4.23. The van der Waals surface area contributed by atoms with Gasteiger partial charge < -0.3 is 14.6 Å². The average Bonchev–Trinajstić information content (AvgIpc) is 3.39. The lowest BCUT2D eigenvalue weighted by atomic mass is 10.0. The molecular formula is C22H18F2N4O3. The molecule has 0 spiro atoms. The van der Waals surface area contributed by atoms with Crippen LogP contribution in [0.3, 0.4) is 0 Å². The van der Waals surface area contributed by atoms with Gasteiger partial charge in [-0.25, -0.2) is 8.78 Å². The van der Waals surface area contributed by atoms with E-state index in [4.69, 9.17) is 9.26 Å². The number of alkyl halides is 2. The topological polar surface area (TPSA) is 101 Å². The summed E-state index contributed by atoms with van der Waals surface area (Å²) in [5, 5.41) is 16.3. The minimum atomic E-state index is -2.64. The van der Waals surface area contributed by atoms with Crippen LogP contribution in [0.25, 0.3) is 22.8 Å². The Morgan fingerprint density at radius 3 is 2.97 bits per heavy atom. The Labute approximate surface area is 176 Å². The van der Waals surface area contributed by atoms with Crippen molar-refractivity contribution >= 4 is 5.91 Å². The van der Waals surface area contributed by atoms with E-state index in [-0.39, 0.29) is 29.2 Å². The number of nitrogens with zero attached hydrogens (tertiary/aromatic N) is 3. The largest absolute Gasteiger partial charge is 0.486 e. The summed E-state index contributed by atoms with van der Waals surface area (Å²) >= 11 is 0. The monoisotopic (exact) mass is 424 g/mol. The third-order valence-corrected chi connectivity index (χ3v) is 5.03. The zero-order valence-electron chi connectivity index (χ0n) is 16.6. The molecule has 1 N–H and O–H groups in total. The minimum Gasteiger partial charge on any atom is -0.486 e. The van der Waals surface area contributed by atoms with Crippen molar-refractivity contribution in [2.24, 2.45) is 0 Å². The summed E-state index contributed by atoms with van der Waals surface area (Å²) in [6.45, 7) is 0.698. The Kier molecular flexibility index (Phi) is 5.62. The van der Waals surface area contributed by atoms with Crippen LogP contribution in [-0.2, 0) is 11.2 Å². The minimum absolute atomic E-state index is 0.0437. The van der Waals surface area contributed by atoms with Crippen LogP contribution in [0.1, 0.15) is 36.1 Å². The summed E-state index contributed by atoms with van der Waals surface area (Å²) in [7, 11) is 0. The second kappa shape index (κ2) is 8.52. The predicted octanol–water partition coefficient (Wildman–Crippen LogP) is 4.04. The Morgan fingerprint density at radius 2 is 2.23 bits per heavy atom. The number of carbonyl (C=O) groups is 1. The zero-order valence-corrected chi connectivity index (χ0v) is 16.6. The number of carbonyl (C=O) groups excluding carboxylic acids is 1. The van der Waals surface area contributed by atoms with Gasteiger partial charge in [0, 0.05) is 18.1 Å². The number of ether oxygens (including phenoxy) is 1. The fourth-order valence-corrected chi connectivity index (χ4v) is 3.74. The quantitative estimate of drug-likeness (QED) is 0.641. The molecule has 3 aromatic rings. The van der Waals surface area contributed by atoms with Gasteiger partial charge in [-0.1, -0.05) is 23.4 Å². The molecule has 31 heavy (non-hydrogen) atoms. The second-order valence-corrected chi connectivity index (χ2v) is 7.11. The van der Waals surface area contributed by atoms with Crippen LogP contribution in [-0.4, -0.2) is 29.1 Å². The molecule has 0 fully saturated rings. The van der Waals surface area contributed by atoms with Crippen molar-refractivity contribution in [3.63, 3.8) is 0 Å². The molecule has 1 aromatic heterocycles. The van der Waals surface area contributed by atoms with Crippen molar-refractivity contribution in [1.29, 1.82) is 5.26 Å². The van der Waals surface area contributed by atoms with Gasteiger partial charge in [-0.05, 0) is 42.2 Å². The lowest BCUT2D eigenvalue weighted by Gasteiger charge is -2.12. The number of hydrogen-bond donors (Lipinski definition) is 1. The summed E-state index contributed by atoms with van der Waals surface area (Å²) in [6, 6.07) is 12.1. The van der Waals surface area contributed by atoms with Crippen LogP contribution in [0, 0.1) is 11.3 Å². The summed E-state index contributed by atoms with van der Waals surface area (Å²) in [5.74, 6) is 0.573. The SMILES string of the molecule is CC(=O)N[C@H]1CCc2c(-c3noc(-c4ccc(OCC(F)F)c(C#N)c4)n3)cccc21. The van der Waals surface area contributed by atoms with E-state index in [1.807, 2.05) is 24.3 Å². The highest BCUT2D eigenvalue weighted by atomic mass is 19.3. The molecule has 0 radical (unpaired) electrons. The van der Waals surface area contributed by atoms with Crippen LogP contribution in [0.4, 0.5) is 8.78 Å². The number of halogens is 2. The van der Waals surface area contributed by atoms with Gasteiger partial charge in [-0.2, -0.15) is 10.2 Å². The molecule has 2 aromatic carbocycles. The molecule has 158 valence electrons. The molecule has 0 saturated carbocycles. The van der Waals surface area contributed by atoms with Crippen molar-refractivity contribution in [2.75, 3.05) is 6.61 Å². The smallest absolute Gasteiger partial charge is 0.272 e. The van der Waals surface area contributed by atoms with E-state index >= 15 is 0 Å². The highest BCUT2D eigenvalue weighted by Gasteiger charge is 2.27. The Hall–Kier alpha value is -3.80. The van der Waals surface area contributed by atoms with E-state index in [2.05, 4.69) is 15.5 Å². The van der Waals surface area contributed by atoms with Crippen molar-refractivity contribution in [1.82, 2.24) is 15.5 Å². The maximum Gasteiger partial charge on any atom is 0.272 e.